The average Bonchev–Trinajstić information content (AvgIpc) is 3.75. The van der Waals surface area contributed by atoms with E-state index in [0.29, 0.717) is 64.6 Å². The number of carbonyl (C=O) groups excluding carboxylic acids is 3. The van der Waals surface area contributed by atoms with Gasteiger partial charge in [-0.05, 0) is 37.8 Å². The minimum atomic E-state index is -0.963. The number of nitriles is 1. The van der Waals surface area contributed by atoms with Gasteiger partial charge in [-0.2, -0.15) is 5.26 Å². The molecule has 2 N–H and O–H groups in total. The summed E-state index contributed by atoms with van der Waals surface area (Å²) in [5.74, 6) is 0.459. The highest BCUT2D eigenvalue weighted by Crippen LogP contribution is 2.64. The number of methoxy groups -OCH3 is 1. The third-order valence-electron chi connectivity index (χ3n) is 13.7. The van der Waals surface area contributed by atoms with Gasteiger partial charge >= 0.3 is 11.9 Å². The molecule has 0 aliphatic carbocycles. The van der Waals surface area contributed by atoms with E-state index in [1.54, 1.807) is 0 Å². The first kappa shape index (κ1) is 46.5. The van der Waals surface area contributed by atoms with Gasteiger partial charge in [-0.25, -0.2) is 4.79 Å². The smallest absolute Gasteiger partial charge is 0.329 e. The van der Waals surface area contributed by atoms with Gasteiger partial charge in [0.25, 0.3) is 0 Å². The van der Waals surface area contributed by atoms with Gasteiger partial charge < -0.3 is 34.1 Å². The molecule has 2 aromatic carbocycles. The Morgan fingerprint density at radius 3 is 2.29 bits per heavy atom. The lowest BCUT2D eigenvalue weighted by atomic mass is 9.71. The molecule has 0 spiro atoms. The van der Waals surface area contributed by atoms with Gasteiger partial charge in [0.15, 0.2) is 23.0 Å². The summed E-state index contributed by atoms with van der Waals surface area (Å²) in [6.07, 6.45) is 18.2. The van der Waals surface area contributed by atoms with E-state index in [-0.39, 0.29) is 36.9 Å². The van der Waals surface area contributed by atoms with Crippen molar-refractivity contribution in [1.82, 2.24) is 15.1 Å². The van der Waals surface area contributed by atoms with Crippen LogP contribution in [0.15, 0.2) is 18.7 Å². The number of aromatic hydroxyl groups is 1. The van der Waals surface area contributed by atoms with Gasteiger partial charge in [0.2, 0.25) is 12.7 Å². The van der Waals surface area contributed by atoms with Crippen molar-refractivity contribution in [3.8, 4) is 34.8 Å². The van der Waals surface area contributed by atoms with E-state index in [1.165, 1.54) is 83.6 Å². The lowest BCUT2D eigenvalue weighted by molar-refractivity contribution is -0.153. The van der Waals surface area contributed by atoms with Crippen LogP contribution in [-0.2, 0) is 25.5 Å². The predicted octanol–water partition coefficient (Wildman–Crippen LogP) is 8.75. The number of nitrogens with zero attached hydrogens (tertiary/aromatic N) is 3. The summed E-state index contributed by atoms with van der Waals surface area (Å²) in [5, 5.41) is 25.8. The number of thioether (sulfide) groups is 1. The number of phenols is 1. The molecule has 0 radical (unpaired) electrons. The van der Waals surface area contributed by atoms with Gasteiger partial charge in [0, 0.05) is 60.0 Å². The van der Waals surface area contributed by atoms with Gasteiger partial charge in [-0.15, -0.1) is 18.3 Å². The monoisotopic (exact) mass is 886 g/mol. The molecular formula is C49H66N4O9S. The van der Waals surface area contributed by atoms with E-state index < -0.39 is 47.4 Å². The van der Waals surface area contributed by atoms with Crippen molar-refractivity contribution in [2.75, 3.05) is 32.8 Å². The first-order chi connectivity index (χ1) is 30.6. The molecule has 0 saturated carbocycles. The molecule has 13 nitrogen and oxygen atoms in total. The van der Waals surface area contributed by atoms with Crippen LogP contribution in [-0.4, -0.2) is 89.7 Å². The van der Waals surface area contributed by atoms with Gasteiger partial charge in [0.1, 0.15) is 24.4 Å². The molecule has 5 heterocycles. The highest BCUT2D eigenvalue weighted by Gasteiger charge is 2.61. The number of hydrogen-bond acceptors (Lipinski definition) is 13. The van der Waals surface area contributed by atoms with Crippen molar-refractivity contribution in [3.05, 3.63) is 52.1 Å². The zero-order chi connectivity index (χ0) is 44.8. The van der Waals surface area contributed by atoms with Crippen molar-refractivity contribution >= 4 is 29.6 Å². The Labute approximate surface area is 377 Å². The van der Waals surface area contributed by atoms with Crippen LogP contribution in [0.3, 0.4) is 0 Å². The zero-order valence-corrected chi connectivity index (χ0v) is 38.6. The average molecular weight is 887 g/mol. The predicted molar refractivity (Wildman–Crippen MR) is 241 cm³/mol. The number of aryl methyl sites for hydroxylation is 1. The number of nitrogens with one attached hydrogen (secondary N) is 1. The van der Waals surface area contributed by atoms with E-state index in [1.807, 2.05) is 26.0 Å². The molecule has 5 aliphatic heterocycles. The number of unbranched alkanes of at least 4 members (excludes halogenated alkanes) is 12. The first-order valence-corrected chi connectivity index (χ1v) is 24.3. The molecule has 14 heteroatoms. The zero-order valence-electron chi connectivity index (χ0n) is 37.8. The maximum atomic E-state index is 14.1. The minimum absolute atomic E-state index is 0.0328. The van der Waals surface area contributed by atoms with Crippen LogP contribution in [0.4, 0.5) is 0 Å². The second kappa shape index (κ2) is 21.0. The van der Waals surface area contributed by atoms with Crippen LogP contribution in [0.5, 0.6) is 28.7 Å². The van der Waals surface area contributed by atoms with Crippen molar-refractivity contribution in [2.24, 2.45) is 0 Å². The molecule has 342 valence electrons. The van der Waals surface area contributed by atoms with Crippen molar-refractivity contribution in [1.29, 1.82) is 5.26 Å². The molecule has 2 fully saturated rings. The van der Waals surface area contributed by atoms with Crippen LogP contribution >= 0.6 is 11.8 Å². The Morgan fingerprint density at radius 1 is 0.984 bits per heavy atom. The lowest BCUT2D eigenvalue weighted by Crippen LogP contribution is -2.70. The maximum absolute atomic E-state index is 14.1. The molecule has 63 heavy (non-hydrogen) atoms. The van der Waals surface area contributed by atoms with E-state index >= 15 is 0 Å². The highest BCUT2D eigenvalue weighted by molar-refractivity contribution is 7.99. The van der Waals surface area contributed by atoms with Crippen LogP contribution in [0.2, 0.25) is 0 Å². The van der Waals surface area contributed by atoms with Crippen molar-refractivity contribution in [2.45, 2.75) is 166 Å². The summed E-state index contributed by atoms with van der Waals surface area (Å²) in [6, 6.07) is 0.858. The molecule has 5 aliphatic rings. The number of carbonyl (C=O) groups is 3. The van der Waals surface area contributed by atoms with Gasteiger partial charge in [-0.3, -0.25) is 19.4 Å². The quantitative estimate of drug-likeness (QED) is 0.0597. The molecule has 2 aromatic rings. The Balaban J connectivity index is 1.19. The maximum Gasteiger partial charge on any atom is 0.329 e. The molecule has 0 aromatic heterocycles. The van der Waals surface area contributed by atoms with E-state index in [2.05, 4.69) is 34.7 Å². The number of ether oxygens (including phenoxy) is 5. The number of hydrogen-bond donors (Lipinski definition) is 2. The van der Waals surface area contributed by atoms with Crippen LogP contribution in [0.25, 0.3) is 0 Å². The largest absolute Gasteiger partial charge is 0.504 e. The molecule has 7 atom stereocenters. The fourth-order valence-corrected chi connectivity index (χ4v) is 12.4. The third kappa shape index (κ3) is 9.39. The molecule has 4 bridgehead atoms. The topological polar surface area (TPSA) is 160 Å². The summed E-state index contributed by atoms with van der Waals surface area (Å²) in [7, 11) is 1.54. The molecular weight excluding hydrogens is 821 g/mol. The highest BCUT2D eigenvalue weighted by atomic mass is 32.2. The van der Waals surface area contributed by atoms with Crippen molar-refractivity contribution < 1.29 is 43.2 Å². The fraction of sp³-hybridized carbons (Fsp3) is 0.633. The Morgan fingerprint density at radius 2 is 1.65 bits per heavy atom. The molecule has 2 saturated heterocycles. The second-order valence-electron chi connectivity index (χ2n) is 17.8. The number of fused-ring (bicyclic) bond motifs is 9. The van der Waals surface area contributed by atoms with E-state index in [9.17, 15) is 24.8 Å². The minimum Gasteiger partial charge on any atom is -0.504 e. The SMILES string of the molecule is C=CCN1[C@H]2c3c(cc(C)c(OC)c3O)C[C@H]1[C@H](C#N)N1C2[C@@H]2SCC(NC(=O)CCCCCCCCCCCCCCC)C(=O)OC[C@H]1c1c3c(c(C)c(OC(C)=O)c12)OCO3. The summed E-state index contributed by atoms with van der Waals surface area (Å²) < 4.78 is 30.3. The fourth-order valence-electron chi connectivity index (χ4n) is 10.9. The van der Waals surface area contributed by atoms with Crippen molar-refractivity contribution in [3.63, 3.8) is 0 Å². The van der Waals surface area contributed by atoms with Crippen LogP contribution in [0.1, 0.15) is 154 Å². The third-order valence-corrected chi connectivity index (χ3v) is 15.1. The van der Waals surface area contributed by atoms with Gasteiger partial charge in [0.05, 0.1) is 30.5 Å². The number of amides is 1. The summed E-state index contributed by atoms with van der Waals surface area (Å²) in [6.45, 7) is 11.6. The Kier molecular flexibility index (Phi) is 15.5. The summed E-state index contributed by atoms with van der Waals surface area (Å²) >= 11 is 1.43. The number of benzene rings is 2. The number of rotatable bonds is 19. The summed E-state index contributed by atoms with van der Waals surface area (Å²) in [4.78, 5) is 44.9. The van der Waals surface area contributed by atoms with E-state index in [0.717, 1.165) is 36.8 Å². The standard InChI is InChI=1S/C49H66N4O9S/c1-7-9-10-11-12-13-14-15-16-17-18-19-20-21-37(55)51-33-27-63-48-40-39(47-46(60-28-61-47)30(4)45(40)62-31(5)54)36(26-59-49(33)57)53-35(25-50)34-24-32-23-29(3)44(58-6)43(56)38(32)41(42(48)53)52(34)22-8-2/h8,23,33-36,41-42,48,56H,2,7,9-22,24,26-28H2,1,3-6H3,(H,51,55)/t33?,34-,35-,36-,41-,42?,48+/m0/s1. The Hall–Kier alpha value is -4.45. The molecule has 1 amide bonds. The van der Waals surface area contributed by atoms with E-state index in [4.69, 9.17) is 23.7 Å². The number of cyclic esters (lactones) is 1. The number of phenolic OH excluding ortho intramolecular Hbond substituents is 1. The number of piperazine rings is 1. The molecule has 2 unspecified atom stereocenters. The summed E-state index contributed by atoms with van der Waals surface area (Å²) in [5.41, 5.74) is 4.30. The first-order valence-electron chi connectivity index (χ1n) is 23.2. The van der Waals surface area contributed by atoms with Crippen LogP contribution in [0, 0.1) is 25.2 Å². The van der Waals surface area contributed by atoms with Crippen LogP contribution < -0.4 is 24.3 Å². The normalized spacial score (nSPS) is 24.6. The Bertz CT molecular complexity index is 2070. The lowest BCUT2D eigenvalue weighted by Gasteiger charge is -2.62. The molecule has 7 rings (SSSR count). The van der Waals surface area contributed by atoms with Gasteiger partial charge in [-0.1, -0.05) is 96.1 Å². The number of esters is 2. The second-order valence-corrected chi connectivity index (χ2v) is 19.0.